The first-order valence-electron chi connectivity index (χ1n) is 15.1. The van der Waals surface area contributed by atoms with E-state index in [-0.39, 0.29) is 30.5 Å². The van der Waals surface area contributed by atoms with Gasteiger partial charge in [0.15, 0.2) is 5.84 Å². The molecule has 1 unspecified atom stereocenters. The third kappa shape index (κ3) is 7.15. The van der Waals surface area contributed by atoms with Crippen LogP contribution in [0.15, 0.2) is 77.9 Å². The zero-order valence-corrected chi connectivity index (χ0v) is 26.5. The number of carboxylic acid groups (broad SMARTS) is 1. The predicted molar refractivity (Wildman–Crippen MR) is 173 cm³/mol. The van der Waals surface area contributed by atoms with E-state index in [1.54, 1.807) is 54.7 Å². The number of sulfonamides is 1. The number of hydrogen-bond acceptors (Lipinski definition) is 8. The van der Waals surface area contributed by atoms with Crippen molar-refractivity contribution in [1.29, 1.82) is 0 Å². The molecule has 5 rings (SSSR count). The largest absolute Gasteiger partial charge is 0.480 e. The molecule has 46 heavy (non-hydrogen) atoms. The van der Waals surface area contributed by atoms with E-state index in [4.69, 9.17) is 0 Å². The van der Waals surface area contributed by atoms with Crippen LogP contribution in [0.1, 0.15) is 44.4 Å². The van der Waals surface area contributed by atoms with Gasteiger partial charge in [-0.3, -0.25) is 29.7 Å². The number of amidine groups is 1. The van der Waals surface area contributed by atoms with E-state index < -0.39 is 50.1 Å². The molecule has 2 aliphatic rings. The van der Waals surface area contributed by atoms with Crippen LogP contribution in [-0.4, -0.2) is 59.4 Å². The van der Waals surface area contributed by atoms with Gasteiger partial charge in [-0.15, -0.1) is 0 Å². The number of pyridine rings is 1. The Morgan fingerprint density at radius 3 is 2.50 bits per heavy atom. The van der Waals surface area contributed by atoms with Gasteiger partial charge in [0.05, 0.1) is 18.0 Å². The lowest BCUT2D eigenvalue weighted by Gasteiger charge is -2.36. The van der Waals surface area contributed by atoms with Gasteiger partial charge in [0.2, 0.25) is 10.0 Å². The van der Waals surface area contributed by atoms with E-state index in [0.717, 1.165) is 17.5 Å². The van der Waals surface area contributed by atoms with E-state index in [9.17, 15) is 33.2 Å². The summed E-state index contributed by atoms with van der Waals surface area (Å²) in [5.74, 6) is -1.44. The van der Waals surface area contributed by atoms with Crippen molar-refractivity contribution in [1.82, 2.24) is 9.71 Å². The number of benzene rings is 2. The third-order valence-corrected chi connectivity index (χ3v) is 11.0. The summed E-state index contributed by atoms with van der Waals surface area (Å²) in [6.45, 7) is 3.57. The van der Waals surface area contributed by atoms with Gasteiger partial charge in [-0.25, -0.2) is 13.1 Å². The summed E-state index contributed by atoms with van der Waals surface area (Å²) < 4.78 is 28.9. The Balaban J connectivity index is 1.26. The number of carboxylic acids is 1. The molecule has 2 fully saturated rings. The summed E-state index contributed by atoms with van der Waals surface area (Å²) in [5, 5.41) is 24.2. The zero-order chi connectivity index (χ0) is 33.1. The number of rotatable bonds is 13. The SMILES string of the molecule is CC1(C)[C@H]2CCC1(CS(=O)(=O)N[C@@H](Cc1ccc(-c3cccc(NC(C[N+](=O)[O-])=NCc4ccccn4)c3)cc1)C(=O)O)C(=O)C2. The van der Waals surface area contributed by atoms with Crippen molar-refractivity contribution in [3.05, 3.63) is 94.3 Å². The van der Waals surface area contributed by atoms with Gasteiger partial charge in [0, 0.05) is 28.6 Å². The number of hydrogen-bond donors (Lipinski definition) is 3. The maximum absolute atomic E-state index is 13.2. The second-order valence-electron chi connectivity index (χ2n) is 12.6. The highest BCUT2D eigenvalue weighted by Crippen LogP contribution is 2.64. The zero-order valence-electron chi connectivity index (χ0n) is 25.7. The van der Waals surface area contributed by atoms with Crippen LogP contribution in [0.4, 0.5) is 5.69 Å². The number of anilines is 1. The second kappa shape index (κ2) is 13.1. The summed E-state index contributed by atoms with van der Waals surface area (Å²) >= 11 is 0. The average molecular weight is 648 g/mol. The molecule has 3 atom stereocenters. The van der Waals surface area contributed by atoms with Crippen LogP contribution >= 0.6 is 0 Å². The normalized spacial score (nSPS) is 21.2. The molecule has 242 valence electrons. The highest BCUT2D eigenvalue weighted by Gasteiger charge is 2.65. The van der Waals surface area contributed by atoms with Crippen LogP contribution in [0.5, 0.6) is 0 Å². The Kier molecular flexibility index (Phi) is 9.36. The molecule has 0 saturated heterocycles. The number of fused-ring (bicyclic) bond motifs is 2. The van der Waals surface area contributed by atoms with Crippen molar-refractivity contribution in [2.24, 2.45) is 21.7 Å². The maximum Gasteiger partial charge on any atom is 0.322 e. The molecule has 3 aromatic rings. The van der Waals surface area contributed by atoms with Crippen LogP contribution in [0, 0.1) is 26.9 Å². The molecule has 0 radical (unpaired) electrons. The number of nitro groups is 1. The Morgan fingerprint density at radius 1 is 1.13 bits per heavy atom. The van der Waals surface area contributed by atoms with Gasteiger partial charge >= 0.3 is 5.97 Å². The fourth-order valence-electron chi connectivity index (χ4n) is 6.80. The Labute approximate surface area is 267 Å². The van der Waals surface area contributed by atoms with E-state index in [0.29, 0.717) is 29.8 Å². The topological polar surface area (TPSA) is 181 Å². The second-order valence-corrected chi connectivity index (χ2v) is 14.4. The highest BCUT2D eigenvalue weighted by atomic mass is 32.2. The molecular weight excluding hydrogens is 610 g/mol. The van der Waals surface area contributed by atoms with Crippen molar-refractivity contribution >= 4 is 33.3 Å². The molecule has 2 aliphatic carbocycles. The van der Waals surface area contributed by atoms with Crippen molar-refractivity contribution in [2.45, 2.75) is 52.1 Å². The Bertz CT molecular complexity index is 1760. The first kappa shape index (κ1) is 32.9. The minimum atomic E-state index is -4.08. The lowest BCUT2D eigenvalue weighted by molar-refractivity contribution is -0.463. The van der Waals surface area contributed by atoms with Gasteiger partial charge < -0.3 is 10.4 Å². The lowest BCUT2D eigenvalue weighted by Crippen LogP contribution is -2.49. The van der Waals surface area contributed by atoms with Crippen LogP contribution in [-0.2, 0) is 32.6 Å². The van der Waals surface area contributed by atoms with Crippen molar-refractivity contribution in [3.63, 3.8) is 0 Å². The van der Waals surface area contributed by atoms with Crippen LogP contribution < -0.4 is 10.0 Å². The number of carbonyl (C=O) groups is 2. The molecule has 13 heteroatoms. The van der Waals surface area contributed by atoms with Crippen molar-refractivity contribution in [3.8, 4) is 11.1 Å². The van der Waals surface area contributed by atoms with E-state index in [2.05, 4.69) is 20.0 Å². The Hall–Kier alpha value is -4.49. The quantitative estimate of drug-likeness (QED) is 0.105. The first-order valence-corrected chi connectivity index (χ1v) is 16.7. The van der Waals surface area contributed by atoms with Crippen molar-refractivity contribution < 1.29 is 28.0 Å². The average Bonchev–Trinajstić information content (AvgIpc) is 3.34. The molecule has 0 aliphatic heterocycles. The van der Waals surface area contributed by atoms with Crippen molar-refractivity contribution in [2.75, 3.05) is 17.6 Å². The van der Waals surface area contributed by atoms with Gasteiger partial charge in [0.1, 0.15) is 11.8 Å². The molecule has 1 heterocycles. The smallest absolute Gasteiger partial charge is 0.322 e. The summed E-state index contributed by atoms with van der Waals surface area (Å²) in [6.07, 6.45) is 3.21. The minimum Gasteiger partial charge on any atom is -0.480 e. The number of carbonyl (C=O) groups excluding carboxylic acids is 1. The van der Waals surface area contributed by atoms with E-state index >= 15 is 0 Å². The highest BCUT2D eigenvalue weighted by molar-refractivity contribution is 7.89. The molecule has 0 amide bonds. The van der Waals surface area contributed by atoms with Gasteiger partial charge in [0.25, 0.3) is 6.54 Å². The standard InChI is InChI=1S/C33H37N5O7S/c1-32(2)25-13-14-33(32,29(39)18-25)21-46(44,45)37-28(31(40)41)16-22-9-11-23(12-10-22)24-6-5-8-26(17-24)36-30(20-38(42)43)35-19-27-7-3-4-15-34-27/h3-12,15,17,25,28,37H,13-14,16,18-21H2,1-2H3,(H,35,36)(H,40,41)/t25-,28-,33?/m0/s1. The molecular formula is C33H37N5O7S. The van der Waals surface area contributed by atoms with Crippen LogP contribution in [0.3, 0.4) is 0 Å². The molecule has 12 nitrogen and oxygen atoms in total. The molecule has 3 N–H and O–H groups in total. The number of nitrogens with one attached hydrogen (secondary N) is 2. The monoisotopic (exact) mass is 647 g/mol. The number of nitrogens with zero attached hydrogens (tertiary/aromatic N) is 3. The Morgan fingerprint density at radius 2 is 1.89 bits per heavy atom. The van der Waals surface area contributed by atoms with Gasteiger partial charge in [-0.05, 0) is 71.6 Å². The molecule has 2 bridgehead atoms. The summed E-state index contributed by atoms with van der Waals surface area (Å²) in [5.41, 5.74) is 2.04. The number of Topliss-reactive ketones (excluding diaryl/α,β-unsaturated/α-hetero) is 1. The fourth-order valence-corrected chi connectivity index (χ4v) is 8.83. The van der Waals surface area contributed by atoms with Gasteiger partial charge in [-0.2, -0.15) is 0 Å². The summed E-state index contributed by atoms with van der Waals surface area (Å²) in [4.78, 5) is 44.3. The van der Waals surface area contributed by atoms with Crippen LogP contribution in [0.2, 0.25) is 0 Å². The van der Waals surface area contributed by atoms with E-state index in [1.807, 2.05) is 32.0 Å². The first-order chi connectivity index (χ1) is 21.8. The molecule has 2 saturated carbocycles. The maximum atomic E-state index is 13.2. The fraction of sp³-hybridized carbons (Fsp3) is 0.394. The molecule has 0 spiro atoms. The van der Waals surface area contributed by atoms with E-state index in [1.165, 1.54) is 0 Å². The number of aliphatic carboxylic acids is 1. The summed E-state index contributed by atoms with van der Waals surface area (Å²) in [7, 11) is -4.08. The molecule has 1 aromatic heterocycles. The minimum absolute atomic E-state index is 0.0494. The predicted octanol–water partition coefficient (Wildman–Crippen LogP) is 4.35. The number of aliphatic imine (C=N–C) groups is 1. The lowest BCUT2D eigenvalue weighted by atomic mass is 9.70. The molecule has 2 aromatic carbocycles. The number of aromatic nitrogens is 1. The van der Waals surface area contributed by atoms with Gasteiger partial charge in [-0.1, -0.05) is 56.3 Å². The summed E-state index contributed by atoms with van der Waals surface area (Å²) in [6, 6.07) is 18.3. The third-order valence-electron chi connectivity index (χ3n) is 9.51. The number of ketones is 1. The van der Waals surface area contributed by atoms with Crippen LogP contribution in [0.25, 0.3) is 11.1 Å².